The Labute approximate surface area is 150 Å². The highest BCUT2D eigenvalue weighted by atomic mass is 16.4. The average molecular weight is 349 g/mol. The van der Waals surface area contributed by atoms with Crippen LogP contribution in [0.2, 0.25) is 0 Å². The Kier molecular flexibility index (Phi) is 14.4. The van der Waals surface area contributed by atoms with Crippen molar-refractivity contribution in [2.24, 2.45) is 0 Å². The summed E-state index contributed by atoms with van der Waals surface area (Å²) in [5.41, 5.74) is 0. The summed E-state index contributed by atoms with van der Waals surface area (Å²) in [6.45, 7) is 1.90. The van der Waals surface area contributed by atoms with E-state index in [9.17, 15) is 25.2 Å². The first-order valence-corrected chi connectivity index (χ1v) is 8.54. The van der Waals surface area contributed by atoms with Crippen molar-refractivity contribution in [1.29, 1.82) is 0 Å². The summed E-state index contributed by atoms with van der Waals surface area (Å²) in [6.07, 6.45) is 17.3. The molecule has 0 aromatic rings. The number of rotatable bonds is 13. The molecule has 3 atom stereocenters. The quantitative estimate of drug-likeness (QED) is 0.438. The molecule has 3 N–H and O–H groups in total. The number of carboxylic acids is 1. The minimum absolute atomic E-state index is 0.0508. The van der Waals surface area contributed by atoms with Gasteiger partial charge in [-0.3, -0.25) is 0 Å². The number of hydrogen-bond acceptors (Lipinski definition) is 5. The third-order valence-electron chi connectivity index (χ3n) is 3.26. The van der Waals surface area contributed by atoms with Gasteiger partial charge in [0.05, 0.1) is 18.3 Å². The molecule has 0 unspecified atom stereocenters. The van der Waals surface area contributed by atoms with E-state index in [0.29, 0.717) is 25.7 Å². The molecule has 0 rings (SSSR count). The fourth-order valence-electron chi connectivity index (χ4n) is 1.77. The second-order valence-electron chi connectivity index (χ2n) is 5.58. The van der Waals surface area contributed by atoms with Crippen molar-refractivity contribution >= 4 is 5.97 Å². The highest BCUT2D eigenvalue weighted by Gasteiger charge is 1.97. The van der Waals surface area contributed by atoms with Crippen LogP contribution < -0.4 is 5.11 Å². The number of carbonyl (C=O) groups excluding carboxylic acids is 1. The van der Waals surface area contributed by atoms with Crippen LogP contribution in [0.3, 0.4) is 0 Å². The standard InChI is InChI=1S/C20H30O5/c1-2-17(21)11-8-5-9-14-18(22)12-6-3-4-7-13-19(23)15-10-16-20(24)25/h3-9,11-13,17-19,21-23H,2,10,14-16H2,1H3,(H,24,25)/p-1/b4-3+,9-5-,11-8+,12-6+,13-7-/t17-,18-,19+/m0/s1. The molecule has 140 valence electrons. The normalized spacial score (nSPS) is 16.6. The van der Waals surface area contributed by atoms with Crippen molar-refractivity contribution in [1.82, 2.24) is 0 Å². The van der Waals surface area contributed by atoms with E-state index in [4.69, 9.17) is 0 Å². The smallest absolute Gasteiger partial charge is 0.0758 e. The Bertz CT molecular complexity index is 488. The van der Waals surface area contributed by atoms with Gasteiger partial charge in [-0.25, -0.2) is 0 Å². The third kappa shape index (κ3) is 16.7. The van der Waals surface area contributed by atoms with Gasteiger partial charge in [0.15, 0.2) is 0 Å². The van der Waals surface area contributed by atoms with Crippen molar-refractivity contribution in [3.63, 3.8) is 0 Å². The van der Waals surface area contributed by atoms with E-state index in [1.165, 1.54) is 0 Å². The highest BCUT2D eigenvalue weighted by Crippen LogP contribution is 2.02. The van der Waals surface area contributed by atoms with Crippen LogP contribution in [0.1, 0.15) is 39.0 Å². The van der Waals surface area contributed by atoms with E-state index in [0.717, 1.165) is 0 Å². The van der Waals surface area contributed by atoms with E-state index in [1.807, 2.05) is 13.0 Å². The maximum absolute atomic E-state index is 10.2. The largest absolute Gasteiger partial charge is 0.550 e. The van der Waals surface area contributed by atoms with Crippen LogP contribution in [-0.2, 0) is 4.79 Å². The second-order valence-corrected chi connectivity index (χ2v) is 5.58. The lowest BCUT2D eigenvalue weighted by Gasteiger charge is -2.04. The van der Waals surface area contributed by atoms with E-state index >= 15 is 0 Å². The lowest BCUT2D eigenvalue weighted by atomic mass is 10.1. The summed E-state index contributed by atoms with van der Waals surface area (Å²) < 4.78 is 0. The Morgan fingerprint density at radius 3 is 2.04 bits per heavy atom. The maximum Gasteiger partial charge on any atom is 0.0758 e. The Hall–Kier alpha value is -1.95. The van der Waals surface area contributed by atoms with Gasteiger partial charge in [-0.2, -0.15) is 0 Å². The van der Waals surface area contributed by atoms with Crippen molar-refractivity contribution in [3.8, 4) is 0 Å². The topological polar surface area (TPSA) is 101 Å². The van der Waals surface area contributed by atoms with E-state index < -0.39 is 24.3 Å². The van der Waals surface area contributed by atoms with Gasteiger partial charge in [0.2, 0.25) is 0 Å². The molecule has 0 aliphatic rings. The first kappa shape index (κ1) is 23.1. The zero-order valence-electron chi connectivity index (χ0n) is 14.7. The number of allylic oxidation sites excluding steroid dienone is 6. The summed E-state index contributed by atoms with van der Waals surface area (Å²) in [7, 11) is 0. The fourth-order valence-corrected chi connectivity index (χ4v) is 1.77. The zero-order valence-corrected chi connectivity index (χ0v) is 14.7. The van der Waals surface area contributed by atoms with Gasteiger partial charge in [-0.05, 0) is 32.1 Å². The zero-order chi connectivity index (χ0) is 18.9. The first-order valence-electron chi connectivity index (χ1n) is 8.54. The summed E-state index contributed by atoms with van der Waals surface area (Å²) in [5, 5.41) is 38.9. The van der Waals surface area contributed by atoms with E-state index in [2.05, 4.69) is 0 Å². The molecule has 0 saturated heterocycles. The monoisotopic (exact) mass is 349 g/mol. The molecule has 0 aliphatic carbocycles. The van der Waals surface area contributed by atoms with Crippen molar-refractivity contribution < 1.29 is 25.2 Å². The predicted octanol–water partition coefficient (Wildman–Crippen LogP) is 1.57. The molecule has 0 bridgehead atoms. The lowest BCUT2D eigenvalue weighted by molar-refractivity contribution is -0.305. The lowest BCUT2D eigenvalue weighted by Crippen LogP contribution is -2.22. The average Bonchev–Trinajstić information content (AvgIpc) is 2.57. The number of hydrogen-bond donors (Lipinski definition) is 3. The van der Waals surface area contributed by atoms with Crippen LogP contribution in [0.25, 0.3) is 0 Å². The van der Waals surface area contributed by atoms with Crippen molar-refractivity contribution in [3.05, 3.63) is 60.8 Å². The van der Waals surface area contributed by atoms with Crippen molar-refractivity contribution in [2.75, 3.05) is 0 Å². The molecular weight excluding hydrogens is 320 g/mol. The van der Waals surface area contributed by atoms with Crippen LogP contribution in [-0.4, -0.2) is 39.6 Å². The van der Waals surface area contributed by atoms with Gasteiger partial charge in [-0.15, -0.1) is 0 Å². The summed E-state index contributed by atoms with van der Waals surface area (Å²) in [4.78, 5) is 10.2. The van der Waals surface area contributed by atoms with Crippen molar-refractivity contribution in [2.45, 2.75) is 57.3 Å². The highest BCUT2D eigenvalue weighted by molar-refractivity contribution is 5.64. The van der Waals surface area contributed by atoms with Crippen LogP contribution >= 0.6 is 0 Å². The number of carboxylic acid groups (broad SMARTS) is 1. The van der Waals surface area contributed by atoms with Crippen LogP contribution in [0.5, 0.6) is 0 Å². The Balaban J connectivity index is 3.95. The third-order valence-corrected chi connectivity index (χ3v) is 3.26. The van der Waals surface area contributed by atoms with E-state index in [1.54, 1.807) is 54.7 Å². The molecule has 0 aromatic heterocycles. The Morgan fingerprint density at radius 1 is 0.880 bits per heavy atom. The number of aliphatic hydroxyl groups is 3. The van der Waals surface area contributed by atoms with Gasteiger partial charge in [0.1, 0.15) is 0 Å². The van der Waals surface area contributed by atoms with Gasteiger partial charge in [0, 0.05) is 5.97 Å². The molecule has 5 nitrogen and oxygen atoms in total. The molecule has 0 spiro atoms. The minimum Gasteiger partial charge on any atom is -0.550 e. The number of aliphatic hydroxyl groups excluding tert-OH is 3. The van der Waals surface area contributed by atoms with Gasteiger partial charge < -0.3 is 25.2 Å². The Morgan fingerprint density at radius 2 is 1.44 bits per heavy atom. The number of aliphatic carboxylic acids is 1. The molecule has 5 heteroatoms. The van der Waals surface area contributed by atoms with E-state index in [-0.39, 0.29) is 6.42 Å². The molecule has 0 aromatic carbocycles. The van der Waals surface area contributed by atoms with Crippen LogP contribution in [0, 0.1) is 0 Å². The molecule has 25 heavy (non-hydrogen) atoms. The summed E-state index contributed by atoms with van der Waals surface area (Å²) in [5.74, 6) is -1.11. The minimum atomic E-state index is -1.11. The number of carbonyl (C=O) groups is 1. The summed E-state index contributed by atoms with van der Waals surface area (Å²) >= 11 is 0. The molecular formula is C20H29O5-. The SMILES string of the molecule is CC[C@H](O)/C=C/C=C\C[C@@H](O)/C=C/C=C/C=C\[C@@H](O)CCCC(=O)[O-]. The predicted molar refractivity (Wildman–Crippen MR) is 97.5 cm³/mol. The second kappa shape index (κ2) is 15.6. The maximum atomic E-state index is 10.2. The molecule has 0 amide bonds. The summed E-state index contributed by atoms with van der Waals surface area (Å²) in [6, 6.07) is 0. The van der Waals surface area contributed by atoms with Crippen LogP contribution in [0.4, 0.5) is 0 Å². The molecule has 0 heterocycles. The van der Waals surface area contributed by atoms with Crippen LogP contribution in [0.15, 0.2) is 60.8 Å². The molecule has 0 saturated carbocycles. The molecule has 0 aliphatic heterocycles. The molecule has 0 fully saturated rings. The fraction of sp³-hybridized carbons (Fsp3) is 0.450. The van der Waals surface area contributed by atoms with Gasteiger partial charge in [-0.1, -0.05) is 67.7 Å². The first-order chi connectivity index (χ1) is 12.0. The van der Waals surface area contributed by atoms with Gasteiger partial charge >= 0.3 is 0 Å². The molecule has 0 radical (unpaired) electrons. The van der Waals surface area contributed by atoms with Gasteiger partial charge in [0.25, 0.3) is 0 Å².